The van der Waals surface area contributed by atoms with Crippen molar-refractivity contribution in [3.63, 3.8) is 0 Å². The van der Waals surface area contributed by atoms with Crippen molar-refractivity contribution >= 4 is 17.3 Å². The number of hydrogen-bond acceptors (Lipinski definition) is 9. The van der Waals surface area contributed by atoms with Crippen molar-refractivity contribution in [2.24, 2.45) is 0 Å². The van der Waals surface area contributed by atoms with Crippen LogP contribution in [0, 0.1) is 11.3 Å². The van der Waals surface area contributed by atoms with Gasteiger partial charge in [-0.1, -0.05) is 6.07 Å². The van der Waals surface area contributed by atoms with E-state index in [9.17, 15) is 14.4 Å². The van der Waals surface area contributed by atoms with Crippen LogP contribution in [0.3, 0.4) is 0 Å². The fraction of sp³-hybridized carbons (Fsp3) is 0.556. The average Bonchev–Trinajstić information content (AvgIpc) is 3.70. The molecule has 2 N–H and O–H groups in total. The molecule has 1 aliphatic carbocycles. The molecule has 2 fully saturated rings. The van der Waals surface area contributed by atoms with Crippen LogP contribution < -0.4 is 15.4 Å². The Morgan fingerprint density at radius 2 is 2.08 bits per heavy atom. The second kappa shape index (κ2) is 11.7. The lowest BCUT2D eigenvalue weighted by Crippen LogP contribution is -2.43. The SMILES string of the molecule is CN(C)C(=O)c1cc2n(n1)CCCN(c1cc(OCC34CCCN3C[C@H](F)C4)nc3c1CO[C@]1(CCCc4ccc(N)c(C#N)c41)C3)C2. The van der Waals surface area contributed by atoms with E-state index in [0.29, 0.717) is 68.5 Å². The van der Waals surface area contributed by atoms with E-state index in [1.165, 1.54) is 0 Å². The fourth-order valence-corrected chi connectivity index (χ4v) is 8.96. The van der Waals surface area contributed by atoms with Crippen LogP contribution in [-0.4, -0.2) is 82.5 Å². The number of anilines is 2. The highest BCUT2D eigenvalue weighted by Gasteiger charge is 2.50. The Bertz CT molecular complexity index is 1820. The number of carbonyl (C=O) groups excluding carboxylic acids is 1. The van der Waals surface area contributed by atoms with Crippen LogP contribution in [0.2, 0.25) is 0 Å². The lowest BCUT2D eigenvalue weighted by atomic mass is 9.72. The topological polar surface area (TPSA) is 126 Å². The summed E-state index contributed by atoms with van der Waals surface area (Å²) < 4.78 is 30.0. The van der Waals surface area contributed by atoms with Gasteiger partial charge in [-0.25, -0.2) is 9.37 Å². The molecule has 2 aromatic heterocycles. The summed E-state index contributed by atoms with van der Waals surface area (Å²) in [5.74, 6) is 0.403. The van der Waals surface area contributed by atoms with Crippen molar-refractivity contribution in [1.82, 2.24) is 24.6 Å². The number of carbonyl (C=O) groups is 1. The van der Waals surface area contributed by atoms with E-state index in [2.05, 4.69) is 21.0 Å². The van der Waals surface area contributed by atoms with E-state index in [4.69, 9.17) is 20.2 Å². The fourth-order valence-electron chi connectivity index (χ4n) is 8.96. The largest absolute Gasteiger partial charge is 0.476 e. The first-order valence-electron chi connectivity index (χ1n) is 17.2. The summed E-state index contributed by atoms with van der Waals surface area (Å²) in [6.45, 7) is 4.14. The molecular formula is C36H43FN8O3. The first kappa shape index (κ1) is 31.1. The quantitative estimate of drug-likeness (QED) is 0.405. The van der Waals surface area contributed by atoms with Gasteiger partial charge in [-0.05, 0) is 62.8 Å². The van der Waals surface area contributed by atoms with Gasteiger partial charge in [0, 0.05) is 75.1 Å². The molecule has 3 aromatic rings. The molecule has 0 radical (unpaired) electrons. The zero-order valence-electron chi connectivity index (χ0n) is 27.8. The summed E-state index contributed by atoms with van der Waals surface area (Å²) in [5, 5.41) is 14.8. The number of aromatic nitrogens is 3. The van der Waals surface area contributed by atoms with Crippen molar-refractivity contribution in [3.8, 4) is 11.9 Å². The number of nitrogens with zero attached hydrogens (tertiary/aromatic N) is 7. The number of ether oxygens (including phenoxy) is 2. The predicted molar refractivity (Wildman–Crippen MR) is 177 cm³/mol. The van der Waals surface area contributed by atoms with Crippen LogP contribution in [0.5, 0.6) is 5.88 Å². The molecule has 3 atom stereocenters. The number of hydrogen-bond donors (Lipinski definition) is 1. The highest BCUT2D eigenvalue weighted by molar-refractivity contribution is 5.92. The van der Waals surface area contributed by atoms with Gasteiger partial charge in [0.05, 0.1) is 35.6 Å². The smallest absolute Gasteiger partial charge is 0.273 e. The van der Waals surface area contributed by atoms with Gasteiger partial charge in [-0.2, -0.15) is 10.4 Å². The monoisotopic (exact) mass is 654 g/mol. The van der Waals surface area contributed by atoms with Crippen LogP contribution in [0.25, 0.3) is 0 Å². The molecule has 48 heavy (non-hydrogen) atoms. The molecule has 0 saturated carbocycles. The molecule has 2 saturated heterocycles. The molecule has 1 spiro atoms. The van der Waals surface area contributed by atoms with Crippen LogP contribution in [0.15, 0.2) is 24.3 Å². The number of rotatable bonds is 5. The zero-order chi connectivity index (χ0) is 33.2. The Hall–Kier alpha value is -4.21. The number of aryl methyl sites for hydroxylation is 2. The summed E-state index contributed by atoms with van der Waals surface area (Å²) in [6, 6.07) is 10.1. The minimum Gasteiger partial charge on any atom is -0.476 e. The zero-order valence-corrected chi connectivity index (χ0v) is 27.8. The summed E-state index contributed by atoms with van der Waals surface area (Å²) in [6.07, 6.45) is 5.53. The number of nitriles is 1. The van der Waals surface area contributed by atoms with Gasteiger partial charge in [-0.3, -0.25) is 14.4 Å². The van der Waals surface area contributed by atoms with Gasteiger partial charge in [-0.15, -0.1) is 0 Å². The van der Waals surface area contributed by atoms with Gasteiger partial charge in [0.15, 0.2) is 5.69 Å². The first-order chi connectivity index (χ1) is 23.2. The van der Waals surface area contributed by atoms with Crippen LogP contribution in [0.4, 0.5) is 15.8 Å². The van der Waals surface area contributed by atoms with Gasteiger partial charge >= 0.3 is 0 Å². The Kier molecular flexibility index (Phi) is 7.60. The second-order valence-electron chi connectivity index (χ2n) is 14.5. The summed E-state index contributed by atoms with van der Waals surface area (Å²) >= 11 is 0. The number of halogens is 1. The lowest BCUT2D eigenvalue weighted by Gasteiger charge is -2.43. The van der Waals surface area contributed by atoms with Crippen molar-refractivity contribution < 1.29 is 18.7 Å². The summed E-state index contributed by atoms with van der Waals surface area (Å²) in [7, 11) is 3.47. The number of fused-ring (bicyclic) bond motifs is 5. The van der Waals surface area contributed by atoms with Gasteiger partial charge in [0.25, 0.3) is 5.91 Å². The number of pyridine rings is 1. The van der Waals surface area contributed by atoms with Crippen LogP contribution in [0.1, 0.15) is 82.7 Å². The highest BCUT2D eigenvalue weighted by Crippen LogP contribution is 2.49. The van der Waals surface area contributed by atoms with Gasteiger partial charge in [0.2, 0.25) is 5.88 Å². The van der Waals surface area contributed by atoms with E-state index < -0.39 is 11.8 Å². The maximum atomic E-state index is 14.6. The molecule has 252 valence electrons. The molecule has 4 aliphatic heterocycles. The number of nitrogens with two attached hydrogens (primary N) is 1. The minimum atomic E-state index is -0.836. The number of amides is 1. The van der Waals surface area contributed by atoms with Gasteiger partial charge in [0.1, 0.15) is 24.4 Å². The number of nitrogen functional groups attached to an aromatic ring is 1. The summed E-state index contributed by atoms with van der Waals surface area (Å²) in [5.41, 5.74) is 12.6. The third-order valence-corrected chi connectivity index (χ3v) is 11.3. The van der Waals surface area contributed by atoms with Crippen molar-refractivity contribution in [2.45, 2.75) is 88.4 Å². The Balaban J connectivity index is 1.18. The van der Waals surface area contributed by atoms with E-state index in [1.807, 2.05) is 28.9 Å². The second-order valence-corrected chi connectivity index (χ2v) is 14.5. The Morgan fingerprint density at radius 3 is 2.92 bits per heavy atom. The van der Waals surface area contributed by atoms with E-state index >= 15 is 0 Å². The standard InChI is InChI=1S/C36H43FN8O3/c1-42(2)34(46)29-14-25-20-43(11-5-13-45(25)41-29)31-15-32(47-22-35-9-4-12-44(35)19-24(37)16-35)40-30-17-36(48-21-27(30)31)10-3-6-23-7-8-28(39)26(18-38)33(23)36/h7-8,14-15,24H,3-6,9-13,16-17,19-22,39H2,1-2H3/t24-,35?,36-/m1/s1. The number of benzene rings is 1. The molecule has 11 nitrogen and oxygen atoms in total. The van der Waals surface area contributed by atoms with Gasteiger partial charge < -0.3 is 25.0 Å². The lowest BCUT2D eigenvalue weighted by molar-refractivity contribution is -0.0855. The third kappa shape index (κ3) is 5.10. The molecule has 0 bridgehead atoms. The van der Waals surface area contributed by atoms with E-state index in [1.54, 1.807) is 19.0 Å². The first-order valence-corrected chi connectivity index (χ1v) is 17.2. The van der Waals surface area contributed by atoms with Crippen LogP contribution >= 0.6 is 0 Å². The maximum Gasteiger partial charge on any atom is 0.273 e. The minimum absolute atomic E-state index is 0.120. The van der Waals surface area contributed by atoms with Crippen molar-refractivity contribution in [2.75, 3.05) is 51.0 Å². The maximum absolute atomic E-state index is 14.6. The normalized spacial score (nSPS) is 26.3. The molecule has 6 heterocycles. The highest BCUT2D eigenvalue weighted by atomic mass is 19.1. The molecular weight excluding hydrogens is 611 g/mol. The molecule has 8 rings (SSSR count). The molecule has 1 unspecified atom stereocenters. The van der Waals surface area contributed by atoms with E-state index in [0.717, 1.165) is 85.4 Å². The summed E-state index contributed by atoms with van der Waals surface area (Å²) in [4.78, 5) is 24.0. The predicted octanol–water partition coefficient (Wildman–Crippen LogP) is 4.10. The average molecular weight is 655 g/mol. The molecule has 12 heteroatoms. The Morgan fingerprint density at radius 1 is 1.21 bits per heavy atom. The third-order valence-electron chi connectivity index (χ3n) is 11.3. The van der Waals surface area contributed by atoms with Crippen LogP contribution in [-0.2, 0) is 42.9 Å². The molecule has 1 amide bonds. The number of alkyl halides is 1. The van der Waals surface area contributed by atoms with Crippen molar-refractivity contribution in [3.05, 3.63) is 63.6 Å². The molecule has 1 aromatic carbocycles. The molecule has 5 aliphatic rings. The van der Waals surface area contributed by atoms with E-state index in [-0.39, 0.29) is 11.4 Å². The van der Waals surface area contributed by atoms with Crippen molar-refractivity contribution in [1.29, 1.82) is 5.26 Å². The Labute approximate surface area is 280 Å².